The van der Waals surface area contributed by atoms with Crippen LogP contribution in [0.3, 0.4) is 0 Å². The Bertz CT molecular complexity index is 866. The van der Waals surface area contributed by atoms with Crippen LogP contribution in [0.25, 0.3) is 0 Å². The highest BCUT2D eigenvalue weighted by Crippen LogP contribution is 2.27. The molecule has 0 bridgehead atoms. The molecule has 0 N–H and O–H groups in total. The predicted octanol–water partition coefficient (Wildman–Crippen LogP) is 3.91. The lowest BCUT2D eigenvalue weighted by atomic mass is 9.95. The lowest BCUT2D eigenvalue weighted by molar-refractivity contribution is -0.352. The third-order valence-corrected chi connectivity index (χ3v) is 5.31. The molecule has 0 spiro atoms. The minimum atomic E-state index is -0.720. The second-order valence-electron chi connectivity index (χ2n) is 7.50. The van der Waals surface area contributed by atoms with Crippen molar-refractivity contribution in [1.29, 1.82) is 0 Å². The van der Waals surface area contributed by atoms with E-state index in [1.54, 1.807) is 12.1 Å². The van der Waals surface area contributed by atoms with Crippen LogP contribution in [0, 0.1) is 0 Å². The predicted molar refractivity (Wildman–Crippen MR) is 118 cm³/mol. The van der Waals surface area contributed by atoms with Crippen molar-refractivity contribution >= 4 is 11.9 Å². The topological polar surface area (TPSA) is 108 Å². The van der Waals surface area contributed by atoms with Crippen molar-refractivity contribution in [3.63, 3.8) is 0 Å². The fourth-order valence-corrected chi connectivity index (χ4v) is 3.44. The van der Waals surface area contributed by atoms with Crippen LogP contribution in [-0.4, -0.2) is 52.6 Å². The average Bonchev–Trinajstić information content (AvgIpc) is 2.89. The number of benzene rings is 2. The first-order chi connectivity index (χ1) is 16.5. The first kappa shape index (κ1) is 25.1. The minimum Gasteiger partial charge on any atom is -0.497 e. The zero-order valence-corrected chi connectivity index (χ0v) is 19.5. The molecular weight excluding hydrogens is 448 g/mol. The second kappa shape index (κ2) is 12.1. The Morgan fingerprint density at radius 2 is 0.912 bits per heavy atom. The van der Waals surface area contributed by atoms with Gasteiger partial charge in [0.1, 0.15) is 35.2 Å². The van der Waals surface area contributed by atoms with E-state index in [1.807, 2.05) is 0 Å². The largest absolute Gasteiger partial charge is 0.497 e. The summed E-state index contributed by atoms with van der Waals surface area (Å²) in [6, 6.07) is 9.30. The van der Waals surface area contributed by atoms with Crippen LogP contribution >= 0.6 is 0 Å². The first-order valence-electron chi connectivity index (χ1n) is 10.7. The van der Waals surface area contributed by atoms with Gasteiger partial charge in [-0.15, -0.1) is 0 Å². The van der Waals surface area contributed by atoms with Crippen LogP contribution in [0.5, 0.6) is 23.0 Å². The number of hydrogen-bond acceptors (Lipinski definition) is 10. The lowest BCUT2D eigenvalue weighted by Gasteiger charge is -2.28. The molecule has 0 saturated heterocycles. The van der Waals surface area contributed by atoms with Gasteiger partial charge in [-0.3, -0.25) is 9.78 Å². The number of carbonyl (C=O) groups excluding carboxylic acids is 2. The quantitative estimate of drug-likeness (QED) is 0.370. The Morgan fingerprint density at radius 3 is 1.21 bits per heavy atom. The molecule has 0 heterocycles. The molecule has 0 amide bonds. The van der Waals surface area contributed by atoms with Gasteiger partial charge in [0.25, 0.3) is 0 Å². The smallest absolute Gasteiger partial charge is 0.373 e. The molecule has 184 valence electrons. The zero-order chi connectivity index (χ0) is 24.5. The van der Waals surface area contributed by atoms with Crippen LogP contribution in [0.1, 0.15) is 46.4 Å². The van der Waals surface area contributed by atoms with Crippen molar-refractivity contribution in [2.45, 2.75) is 37.9 Å². The molecule has 1 fully saturated rings. The third-order valence-electron chi connectivity index (χ3n) is 5.31. The molecule has 2 aromatic carbocycles. The Labute approximate surface area is 197 Å². The summed E-state index contributed by atoms with van der Waals surface area (Å²) < 4.78 is 20.7. The highest BCUT2D eigenvalue weighted by Gasteiger charge is 2.31. The summed E-state index contributed by atoms with van der Waals surface area (Å²) in [4.78, 5) is 45.8. The Balaban J connectivity index is 1.59. The van der Waals surface area contributed by atoms with Crippen LogP contribution < -0.4 is 18.9 Å². The van der Waals surface area contributed by atoms with Crippen LogP contribution in [-0.2, 0) is 19.6 Å². The number of carbonyl (C=O) groups is 2. The maximum Gasteiger partial charge on any atom is 0.373 e. The van der Waals surface area contributed by atoms with Crippen LogP contribution in [0.15, 0.2) is 36.4 Å². The second-order valence-corrected chi connectivity index (χ2v) is 7.50. The van der Waals surface area contributed by atoms with E-state index in [0.29, 0.717) is 35.8 Å². The monoisotopic (exact) mass is 476 g/mol. The maximum atomic E-state index is 12.5. The summed E-state index contributed by atoms with van der Waals surface area (Å²) in [6.07, 6.45) is 1.58. The lowest BCUT2D eigenvalue weighted by Crippen LogP contribution is -2.36. The molecule has 1 aliphatic carbocycles. The summed E-state index contributed by atoms with van der Waals surface area (Å²) in [5, 5.41) is 0. The normalized spacial score (nSPS) is 17.4. The van der Waals surface area contributed by atoms with E-state index >= 15 is 0 Å². The molecular formula is C24H28O10. The van der Waals surface area contributed by atoms with Crippen molar-refractivity contribution in [1.82, 2.24) is 0 Å². The Kier molecular flexibility index (Phi) is 8.94. The van der Waals surface area contributed by atoms with Crippen molar-refractivity contribution in [3.8, 4) is 23.0 Å². The van der Waals surface area contributed by atoms with E-state index in [2.05, 4.69) is 0 Å². The summed E-state index contributed by atoms with van der Waals surface area (Å²) in [6.45, 7) is 0. The third kappa shape index (κ3) is 6.52. The molecule has 10 nitrogen and oxygen atoms in total. The van der Waals surface area contributed by atoms with Gasteiger partial charge in [0.15, 0.2) is 0 Å². The molecule has 0 aromatic heterocycles. The minimum absolute atomic E-state index is 0.197. The van der Waals surface area contributed by atoms with Crippen molar-refractivity contribution < 1.29 is 48.1 Å². The van der Waals surface area contributed by atoms with Gasteiger partial charge in [0.2, 0.25) is 0 Å². The molecule has 1 aliphatic rings. The van der Waals surface area contributed by atoms with Gasteiger partial charge in [0.05, 0.1) is 39.6 Å². The summed E-state index contributed by atoms with van der Waals surface area (Å²) in [7, 11) is 5.92. The summed E-state index contributed by atoms with van der Waals surface area (Å²) in [5.41, 5.74) is 0.394. The molecule has 2 atom stereocenters. The molecule has 0 aliphatic heterocycles. The van der Waals surface area contributed by atoms with Gasteiger partial charge in [-0.2, -0.15) is 9.78 Å². The van der Waals surface area contributed by atoms with Gasteiger partial charge in [0, 0.05) is 12.1 Å². The zero-order valence-electron chi connectivity index (χ0n) is 19.5. The Hall–Kier alpha value is -3.50. The van der Waals surface area contributed by atoms with Gasteiger partial charge in [-0.05, 0) is 37.1 Å². The molecule has 2 aromatic rings. The summed E-state index contributed by atoms with van der Waals surface area (Å²) in [5.74, 6) is 0.305. The molecule has 34 heavy (non-hydrogen) atoms. The van der Waals surface area contributed by atoms with E-state index < -0.39 is 24.1 Å². The number of rotatable bonds is 10. The SMILES string of the molecule is COc1cc(OC)cc(C(=O)OOC2CCCCC2OOC(=O)c2cc(OC)cc(OC)c2)c1. The van der Waals surface area contributed by atoms with Gasteiger partial charge < -0.3 is 18.9 Å². The van der Waals surface area contributed by atoms with E-state index in [-0.39, 0.29) is 11.1 Å². The van der Waals surface area contributed by atoms with Crippen LogP contribution in [0.4, 0.5) is 0 Å². The number of hydrogen-bond donors (Lipinski definition) is 0. The maximum absolute atomic E-state index is 12.5. The fourth-order valence-electron chi connectivity index (χ4n) is 3.44. The van der Waals surface area contributed by atoms with Gasteiger partial charge >= 0.3 is 11.9 Å². The van der Waals surface area contributed by atoms with Crippen molar-refractivity contribution in [2.24, 2.45) is 0 Å². The molecule has 2 unspecified atom stereocenters. The molecule has 0 radical (unpaired) electrons. The van der Waals surface area contributed by atoms with Crippen molar-refractivity contribution in [3.05, 3.63) is 47.5 Å². The summed E-state index contributed by atoms with van der Waals surface area (Å²) >= 11 is 0. The standard InChI is InChI=1S/C24H28O10/c1-27-17-9-15(10-18(13-17)28-2)23(25)33-31-21-7-5-6-8-22(21)32-34-24(26)16-11-19(29-3)14-20(12-16)30-4/h9-14,21-22H,5-8H2,1-4H3. The fraction of sp³-hybridized carbons (Fsp3) is 0.417. The molecule has 3 rings (SSSR count). The van der Waals surface area contributed by atoms with Crippen LogP contribution in [0.2, 0.25) is 0 Å². The van der Waals surface area contributed by atoms with Gasteiger partial charge in [-0.25, -0.2) is 9.59 Å². The van der Waals surface area contributed by atoms with E-state index in [0.717, 1.165) is 12.8 Å². The number of ether oxygens (including phenoxy) is 4. The average molecular weight is 476 g/mol. The highest BCUT2D eigenvalue weighted by atomic mass is 17.2. The van der Waals surface area contributed by atoms with E-state index in [4.69, 9.17) is 38.5 Å². The molecule has 1 saturated carbocycles. The van der Waals surface area contributed by atoms with E-state index in [9.17, 15) is 9.59 Å². The Morgan fingerprint density at radius 1 is 0.588 bits per heavy atom. The number of methoxy groups -OCH3 is 4. The highest BCUT2D eigenvalue weighted by molar-refractivity contribution is 5.90. The van der Waals surface area contributed by atoms with Crippen molar-refractivity contribution in [2.75, 3.05) is 28.4 Å². The first-order valence-corrected chi connectivity index (χ1v) is 10.7. The molecule has 10 heteroatoms. The van der Waals surface area contributed by atoms with Gasteiger partial charge in [-0.1, -0.05) is 12.8 Å². The van der Waals surface area contributed by atoms with E-state index in [1.165, 1.54) is 52.7 Å².